The highest BCUT2D eigenvalue weighted by Gasteiger charge is 2.27. The van der Waals surface area contributed by atoms with Gasteiger partial charge in [0.25, 0.3) is 5.91 Å². The number of sulfone groups is 1. The van der Waals surface area contributed by atoms with Crippen molar-refractivity contribution >= 4 is 21.4 Å². The van der Waals surface area contributed by atoms with E-state index in [1.165, 1.54) is 0 Å². The number of nitrogens with zero attached hydrogens (tertiary/aromatic N) is 1. The quantitative estimate of drug-likeness (QED) is 0.859. The van der Waals surface area contributed by atoms with Crippen LogP contribution in [0.15, 0.2) is 18.3 Å². The van der Waals surface area contributed by atoms with Crippen LogP contribution in [0, 0.1) is 0 Å². The van der Waals surface area contributed by atoms with Gasteiger partial charge in [-0.25, -0.2) is 8.42 Å². The van der Waals surface area contributed by atoms with E-state index in [1.807, 2.05) is 13.8 Å². The molecule has 1 aromatic heterocycles. The molecule has 0 aromatic carbocycles. The maximum Gasteiger partial charge on any atom is 0.270 e. The van der Waals surface area contributed by atoms with Crippen molar-refractivity contribution in [2.24, 2.45) is 0 Å². The number of pyridine rings is 1. The lowest BCUT2D eigenvalue weighted by Crippen LogP contribution is -2.30. The van der Waals surface area contributed by atoms with Crippen molar-refractivity contribution in [3.8, 4) is 0 Å². The molecule has 1 unspecified atom stereocenters. The van der Waals surface area contributed by atoms with Gasteiger partial charge < -0.3 is 10.6 Å². The minimum atomic E-state index is -2.92. The van der Waals surface area contributed by atoms with Crippen molar-refractivity contribution in [2.75, 3.05) is 16.8 Å². The highest BCUT2D eigenvalue weighted by Crippen LogP contribution is 2.17. The molecule has 2 rings (SSSR count). The van der Waals surface area contributed by atoms with Gasteiger partial charge in [-0.1, -0.05) is 0 Å². The summed E-state index contributed by atoms with van der Waals surface area (Å²) in [5, 5.41) is 5.91. The summed E-state index contributed by atoms with van der Waals surface area (Å²) in [7, 11) is -2.92. The molecule has 7 heteroatoms. The maximum atomic E-state index is 11.9. The summed E-state index contributed by atoms with van der Waals surface area (Å²) < 4.78 is 22.8. The van der Waals surface area contributed by atoms with Gasteiger partial charge in [0.2, 0.25) is 0 Å². The Kier molecular flexibility index (Phi) is 4.27. The summed E-state index contributed by atoms with van der Waals surface area (Å²) in [6, 6.07) is 3.32. The Morgan fingerprint density at radius 3 is 2.80 bits per heavy atom. The van der Waals surface area contributed by atoms with E-state index in [9.17, 15) is 13.2 Å². The van der Waals surface area contributed by atoms with Crippen molar-refractivity contribution in [3.05, 3.63) is 24.0 Å². The van der Waals surface area contributed by atoms with Crippen LogP contribution in [-0.4, -0.2) is 42.9 Å². The summed E-state index contributed by atoms with van der Waals surface area (Å²) in [5.74, 6) is 0.127. The fourth-order valence-corrected chi connectivity index (χ4v) is 3.80. The normalized spacial score (nSPS) is 20.9. The molecule has 1 amide bonds. The van der Waals surface area contributed by atoms with Crippen LogP contribution in [0.4, 0.5) is 5.69 Å². The number of hydrogen-bond donors (Lipinski definition) is 2. The molecule has 2 heterocycles. The highest BCUT2D eigenvalue weighted by atomic mass is 32.2. The second-order valence-electron chi connectivity index (χ2n) is 5.30. The Morgan fingerprint density at radius 1 is 1.45 bits per heavy atom. The molecule has 1 aromatic rings. The predicted octanol–water partition coefficient (Wildman–Crippen LogP) is 0.819. The fraction of sp³-hybridized carbons (Fsp3) is 0.538. The summed E-state index contributed by atoms with van der Waals surface area (Å²) in [4.78, 5) is 15.9. The second-order valence-corrected chi connectivity index (χ2v) is 7.53. The van der Waals surface area contributed by atoms with E-state index in [2.05, 4.69) is 15.6 Å². The van der Waals surface area contributed by atoms with Crippen LogP contribution in [0.1, 0.15) is 30.8 Å². The van der Waals surface area contributed by atoms with Crippen molar-refractivity contribution < 1.29 is 13.2 Å². The lowest BCUT2D eigenvalue weighted by Gasteiger charge is -2.13. The van der Waals surface area contributed by atoms with Crippen LogP contribution in [0.5, 0.6) is 0 Å². The molecular weight excluding hydrogens is 278 g/mol. The molecule has 6 nitrogen and oxygen atoms in total. The van der Waals surface area contributed by atoms with Crippen molar-refractivity contribution in [2.45, 2.75) is 32.4 Å². The van der Waals surface area contributed by atoms with Crippen molar-refractivity contribution in [1.29, 1.82) is 0 Å². The van der Waals surface area contributed by atoms with E-state index in [4.69, 9.17) is 0 Å². The minimum absolute atomic E-state index is 0.0425. The zero-order valence-corrected chi connectivity index (χ0v) is 12.4. The second kappa shape index (κ2) is 5.78. The number of aromatic nitrogens is 1. The van der Waals surface area contributed by atoms with Crippen LogP contribution in [-0.2, 0) is 9.84 Å². The van der Waals surface area contributed by atoms with Crippen molar-refractivity contribution in [1.82, 2.24) is 10.3 Å². The Morgan fingerprint density at radius 2 is 2.20 bits per heavy atom. The van der Waals surface area contributed by atoms with Gasteiger partial charge in [0, 0.05) is 24.0 Å². The molecule has 2 N–H and O–H groups in total. The third-order valence-electron chi connectivity index (χ3n) is 3.02. The van der Waals surface area contributed by atoms with E-state index in [-0.39, 0.29) is 29.5 Å². The fourth-order valence-electron chi connectivity index (χ4n) is 2.13. The van der Waals surface area contributed by atoms with E-state index in [0.29, 0.717) is 12.1 Å². The molecule has 20 heavy (non-hydrogen) atoms. The largest absolute Gasteiger partial charge is 0.381 e. The van der Waals surface area contributed by atoms with Crippen LogP contribution in [0.3, 0.4) is 0 Å². The smallest absolute Gasteiger partial charge is 0.270 e. The van der Waals surface area contributed by atoms with E-state index in [0.717, 1.165) is 5.69 Å². The van der Waals surface area contributed by atoms with Crippen LogP contribution in [0.2, 0.25) is 0 Å². The standard InChI is InChI=1S/C13H19N3O3S/c1-9(2)15-13(17)12-7-10(3-5-14-12)16-11-4-6-20(18,19)8-11/h3,5,7,9,11H,4,6,8H2,1-2H3,(H,14,16)(H,15,17). The third kappa shape index (κ3) is 3.93. The molecule has 0 aliphatic carbocycles. The minimum Gasteiger partial charge on any atom is -0.381 e. The Balaban J connectivity index is 2.05. The predicted molar refractivity (Wildman–Crippen MR) is 77.5 cm³/mol. The number of anilines is 1. The molecule has 0 saturated carbocycles. The molecule has 0 spiro atoms. The molecule has 1 aliphatic heterocycles. The maximum absolute atomic E-state index is 11.9. The zero-order chi connectivity index (χ0) is 14.8. The molecular formula is C13H19N3O3S. The van der Waals surface area contributed by atoms with E-state index < -0.39 is 9.84 Å². The first-order valence-corrected chi connectivity index (χ1v) is 8.42. The monoisotopic (exact) mass is 297 g/mol. The lowest BCUT2D eigenvalue weighted by atomic mass is 10.2. The van der Waals surface area contributed by atoms with Gasteiger partial charge in [-0.2, -0.15) is 0 Å². The van der Waals surface area contributed by atoms with Crippen molar-refractivity contribution in [3.63, 3.8) is 0 Å². The van der Waals surface area contributed by atoms with Gasteiger partial charge in [-0.15, -0.1) is 0 Å². The summed E-state index contributed by atoms with van der Waals surface area (Å²) in [6.45, 7) is 3.76. The molecule has 1 saturated heterocycles. The Labute approximate surface area is 118 Å². The summed E-state index contributed by atoms with van der Waals surface area (Å²) in [5.41, 5.74) is 1.04. The first kappa shape index (κ1) is 14.8. The number of amides is 1. The summed E-state index contributed by atoms with van der Waals surface area (Å²) in [6.07, 6.45) is 2.14. The zero-order valence-electron chi connectivity index (χ0n) is 11.6. The SMILES string of the molecule is CC(C)NC(=O)c1cc(NC2CCS(=O)(=O)C2)ccn1. The average Bonchev–Trinajstić information content (AvgIpc) is 2.68. The third-order valence-corrected chi connectivity index (χ3v) is 4.78. The van der Waals surface area contributed by atoms with E-state index >= 15 is 0 Å². The van der Waals surface area contributed by atoms with Gasteiger partial charge in [0.15, 0.2) is 9.84 Å². The number of carbonyl (C=O) groups is 1. The van der Waals surface area contributed by atoms with Crippen LogP contribution < -0.4 is 10.6 Å². The van der Waals surface area contributed by atoms with Gasteiger partial charge in [0.05, 0.1) is 11.5 Å². The number of carbonyl (C=O) groups excluding carboxylic acids is 1. The Hall–Kier alpha value is -1.63. The summed E-state index contributed by atoms with van der Waals surface area (Å²) >= 11 is 0. The van der Waals surface area contributed by atoms with Gasteiger partial charge in [-0.05, 0) is 32.4 Å². The van der Waals surface area contributed by atoms with Crippen LogP contribution in [0.25, 0.3) is 0 Å². The molecule has 0 radical (unpaired) electrons. The first-order chi connectivity index (χ1) is 9.35. The highest BCUT2D eigenvalue weighted by molar-refractivity contribution is 7.91. The molecule has 1 fully saturated rings. The molecule has 1 aliphatic rings. The first-order valence-electron chi connectivity index (χ1n) is 6.59. The van der Waals surface area contributed by atoms with Gasteiger partial charge in [-0.3, -0.25) is 9.78 Å². The molecule has 1 atom stereocenters. The number of nitrogens with one attached hydrogen (secondary N) is 2. The van der Waals surface area contributed by atoms with Crippen LogP contribution >= 0.6 is 0 Å². The Bertz CT molecular complexity index is 599. The number of rotatable bonds is 4. The molecule has 0 bridgehead atoms. The molecule has 110 valence electrons. The average molecular weight is 297 g/mol. The van der Waals surface area contributed by atoms with E-state index in [1.54, 1.807) is 18.3 Å². The topological polar surface area (TPSA) is 88.2 Å². The van der Waals surface area contributed by atoms with Gasteiger partial charge >= 0.3 is 0 Å². The number of hydrogen-bond acceptors (Lipinski definition) is 5. The lowest BCUT2D eigenvalue weighted by molar-refractivity contribution is 0.0938. The van der Waals surface area contributed by atoms with Gasteiger partial charge in [0.1, 0.15) is 5.69 Å².